The first-order valence-corrected chi connectivity index (χ1v) is 6.88. The zero-order valence-electron chi connectivity index (χ0n) is 10.7. The highest BCUT2D eigenvalue weighted by Crippen LogP contribution is 2.24. The van der Waals surface area contributed by atoms with Crippen LogP contribution in [-0.4, -0.2) is 29.7 Å². The van der Waals surface area contributed by atoms with Crippen LogP contribution in [0.1, 0.15) is 26.3 Å². The molecule has 17 heavy (non-hydrogen) atoms. The van der Waals surface area contributed by atoms with Crippen LogP contribution in [0.15, 0.2) is 28.7 Å². The van der Waals surface area contributed by atoms with Gasteiger partial charge in [0.1, 0.15) is 0 Å². The lowest BCUT2D eigenvalue weighted by atomic mass is 10.00. The van der Waals surface area contributed by atoms with Crippen LogP contribution >= 0.6 is 15.9 Å². The van der Waals surface area contributed by atoms with Crippen LogP contribution < -0.4 is 0 Å². The fraction of sp³-hybridized carbons (Fsp3) is 0.571. The van der Waals surface area contributed by atoms with Crippen molar-refractivity contribution in [2.45, 2.75) is 39.0 Å². The first-order chi connectivity index (χ1) is 7.97. The number of ether oxygens (including phenoxy) is 1. The third-order valence-corrected chi connectivity index (χ3v) is 3.87. The molecule has 1 aromatic carbocycles. The van der Waals surface area contributed by atoms with Gasteiger partial charge in [0.2, 0.25) is 0 Å². The van der Waals surface area contributed by atoms with Gasteiger partial charge in [0.15, 0.2) is 0 Å². The molecule has 0 amide bonds. The van der Waals surface area contributed by atoms with Gasteiger partial charge in [0, 0.05) is 23.1 Å². The van der Waals surface area contributed by atoms with Crippen molar-refractivity contribution in [2.75, 3.05) is 13.2 Å². The van der Waals surface area contributed by atoms with E-state index in [-0.39, 0.29) is 5.54 Å². The fourth-order valence-electron chi connectivity index (χ4n) is 2.14. The van der Waals surface area contributed by atoms with Crippen LogP contribution in [0.25, 0.3) is 0 Å². The van der Waals surface area contributed by atoms with Crippen molar-refractivity contribution in [1.29, 1.82) is 0 Å². The number of morpholine rings is 1. The Bertz CT molecular complexity index is 374. The molecule has 0 N–H and O–H groups in total. The lowest BCUT2D eigenvalue weighted by Crippen LogP contribution is -2.54. The summed E-state index contributed by atoms with van der Waals surface area (Å²) in [6, 6.07) is 8.57. The molecule has 1 heterocycles. The molecule has 0 saturated carbocycles. The lowest BCUT2D eigenvalue weighted by Gasteiger charge is -2.44. The van der Waals surface area contributed by atoms with E-state index in [1.807, 2.05) is 0 Å². The van der Waals surface area contributed by atoms with E-state index in [9.17, 15) is 0 Å². The van der Waals surface area contributed by atoms with Crippen molar-refractivity contribution in [1.82, 2.24) is 4.90 Å². The summed E-state index contributed by atoms with van der Waals surface area (Å²) in [4.78, 5) is 2.50. The summed E-state index contributed by atoms with van der Waals surface area (Å²) in [5.41, 5.74) is 1.48. The summed E-state index contributed by atoms with van der Waals surface area (Å²) in [6.45, 7) is 9.45. The predicted molar refractivity (Wildman–Crippen MR) is 74.0 cm³/mol. The Morgan fingerprint density at radius 1 is 1.35 bits per heavy atom. The maximum Gasteiger partial charge on any atom is 0.0675 e. The average molecular weight is 298 g/mol. The van der Waals surface area contributed by atoms with Gasteiger partial charge in [-0.3, -0.25) is 4.90 Å². The molecule has 1 aliphatic rings. The van der Waals surface area contributed by atoms with Crippen LogP contribution in [0.5, 0.6) is 0 Å². The molecule has 1 aliphatic heterocycles. The molecule has 1 aromatic rings. The second kappa shape index (κ2) is 5.09. The summed E-state index contributed by atoms with van der Waals surface area (Å²) < 4.78 is 6.87. The molecular formula is C14H20BrNO. The van der Waals surface area contributed by atoms with Crippen molar-refractivity contribution < 1.29 is 4.74 Å². The molecule has 0 unspecified atom stereocenters. The van der Waals surface area contributed by atoms with E-state index in [4.69, 9.17) is 4.74 Å². The molecular weight excluding hydrogens is 278 g/mol. The maximum atomic E-state index is 5.73. The van der Waals surface area contributed by atoms with Crippen molar-refractivity contribution in [3.63, 3.8) is 0 Å². The van der Waals surface area contributed by atoms with Crippen molar-refractivity contribution in [3.8, 4) is 0 Å². The zero-order valence-corrected chi connectivity index (χ0v) is 12.3. The zero-order chi connectivity index (χ0) is 12.5. The second-order valence-corrected chi connectivity index (χ2v) is 6.36. The first-order valence-electron chi connectivity index (χ1n) is 6.08. The highest BCUT2D eigenvalue weighted by Gasteiger charge is 2.33. The van der Waals surface area contributed by atoms with Crippen molar-refractivity contribution in [2.24, 2.45) is 0 Å². The molecule has 1 saturated heterocycles. The predicted octanol–water partition coefficient (Wildman–Crippen LogP) is 3.45. The van der Waals surface area contributed by atoms with Crippen LogP contribution in [-0.2, 0) is 11.3 Å². The number of benzene rings is 1. The van der Waals surface area contributed by atoms with Gasteiger partial charge in [-0.2, -0.15) is 0 Å². The number of rotatable bonds is 2. The largest absolute Gasteiger partial charge is 0.375 e. The summed E-state index contributed by atoms with van der Waals surface area (Å²) in [7, 11) is 0. The number of halogens is 1. The summed E-state index contributed by atoms with van der Waals surface area (Å²) in [5.74, 6) is 0. The Labute approximate surface area is 112 Å². The van der Waals surface area contributed by atoms with Gasteiger partial charge in [-0.25, -0.2) is 0 Å². The molecule has 2 rings (SSSR count). The standard InChI is InChI=1S/C14H20BrNO/c1-11-8-16(14(2,3)10-17-11)9-12-4-6-13(15)7-5-12/h4-7,11H,8-10H2,1-3H3/t11-/m1/s1. The van der Waals surface area contributed by atoms with Gasteiger partial charge < -0.3 is 4.74 Å². The molecule has 1 atom stereocenters. The smallest absolute Gasteiger partial charge is 0.0675 e. The van der Waals surface area contributed by atoms with Gasteiger partial charge in [-0.15, -0.1) is 0 Å². The average Bonchev–Trinajstić information content (AvgIpc) is 2.27. The lowest BCUT2D eigenvalue weighted by molar-refractivity contribution is -0.0949. The minimum atomic E-state index is 0.125. The van der Waals surface area contributed by atoms with Gasteiger partial charge in [0.25, 0.3) is 0 Å². The Kier molecular flexibility index (Phi) is 3.91. The van der Waals surface area contributed by atoms with E-state index in [1.165, 1.54) is 5.56 Å². The van der Waals surface area contributed by atoms with E-state index in [0.29, 0.717) is 6.10 Å². The molecule has 0 bridgehead atoms. The Morgan fingerprint density at radius 3 is 2.65 bits per heavy atom. The highest BCUT2D eigenvalue weighted by molar-refractivity contribution is 9.10. The SMILES string of the molecule is C[C@@H]1CN(Cc2ccc(Br)cc2)C(C)(C)CO1. The molecule has 0 aromatic heterocycles. The topological polar surface area (TPSA) is 12.5 Å². The van der Waals surface area contributed by atoms with Gasteiger partial charge in [0.05, 0.1) is 12.7 Å². The third kappa shape index (κ3) is 3.30. The number of hydrogen-bond donors (Lipinski definition) is 0. The highest BCUT2D eigenvalue weighted by atomic mass is 79.9. The van der Waals surface area contributed by atoms with Gasteiger partial charge in [-0.1, -0.05) is 28.1 Å². The molecule has 0 aliphatic carbocycles. The fourth-order valence-corrected chi connectivity index (χ4v) is 2.40. The van der Waals surface area contributed by atoms with E-state index >= 15 is 0 Å². The van der Waals surface area contributed by atoms with Crippen molar-refractivity contribution >= 4 is 15.9 Å². The quantitative estimate of drug-likeness (QED) is 0.829. The van der Waals surface area contributed by atoms with Gasteiger partial charge >= 0.3 is 0 Å². The normalized spacial score (nSPS) is 24.8. The molecule has 94 valence electrons. The molecule has 3 heteroatoms. The Balaban J connectivity index is 2.08. The number of hydrogen-bond acceptors (Lipinski definition) is 2. The first kappa shape index (κ1) is 13.1. The Morgan fingerprint density at radius 2 is 2.00 bits per heavy atom. The summed E-state index contributed by atoms with van der Waals surface area (Å²) in [5, 5.41) is 0. The summed E-state index contributed by atoms with van der Waals surface area (Å²) in [6.07, 6.45) is 0.332. The third-order valence-electron chi connectivity index (χ3n) is 3.34. The van der Waals surface area contributed by atoms with E-state index < -0.39 is 0 Å². The molecule has 0 spiro atoms. The second-order valence-electron chi connectivity index (χ2n) is 5.44. The molecule has 0 radical (unpaired) electrons. The van der Waals surface area contributed by atoms with Crippen LogP contribution in [0.3, 0.4) is 0 Å². The van der Waals surface area contributed by atoms with Crippen LogP contribution in [0.4, 0.5) is 0 Å². The van der Waals surface area contributed by atoms with Crippen molar-refractivity contribution in [3.05, 3.63) is 34.3 Å². The monoisotopic (exact) mass is 297 g/mol. The van der Waals surface area contributed by atoms with E-state index in [1.54, 1.807) is 0 Å². The minimum Gasteiger partial charge on any atom is -0.375 e. The maximum absolute atomic E-state index is 5.73. The van der Waals surface area contributed by atoms with E-state index in [0.717, 1.165) is 24.2 Å². The molecule has 2 nitrogen and oxygen atoms in total. The van der Waals surface area contributed by atoms with Crippen LogP contribution in [0, 0.1) is 0 Å². The van der Waals surface area contributed by atoms with Gasteiger partial charge in [-0.05, 0) is 38.5 Å². The van der Waals surface area contributed by atoms with E-state index in [2.05, 4.69) is 65.9 Å². The molecule has 1 fully saturated rings. The Hall–Kier alpha value is -0.380. The summed E-state index contributed by atoms with van der Waals surface area (Å²) >= 11 is 3.47. The van der Waals surface area contributed by atoms with Crippen LogP contribution in [0.2, 0.25) is 0 Å². The number of nitrogens with zero attached hydrogens (tertiary/aromatic N) is 1. The minimum absolute atomic E-state index is 0.125.